The molecular weight excluding hydrogens is 480 g/mol. The Bertz CT molecular complexity index is 761. The Morgan fingerprint density at radius 1 is 0.825 bits per heavy atom. The minimum absolute atomic E-state index is 0.363. The van der Waals surface area contributed by atoms with Crippen LogP contribution in [0.3, 0.4) is 0 Å². The molecule has 0 aliphatic heterocycles. The second-order valence-corrected chi connectivity index (χ2v) is 16.0. The Morgan fingerprint density at radius 3 is 2.08 bits per heavy atom. The zero-order valence-electron chi connectivity index (χ0n) is 28.9. The Balaban J connectivity index is 0.00000274. The normalized spacial score (nSPS) is 40.3. The van der Waals surface area contributed by atoms with E-state index in [-0.39, 0.29) is 0 Å². The molecule has 232 valence electrons. The van der Waals surface area contributed by atoms with Gasteiger partial charge in [-0.1, -0.05) is 126 Å². The van der Waals surface area contributed by atoms with Gasteiger partial charge in [0.15, 0.2) is 0 Å². The van der Waals surface area contributed by atoms with Gasteiger partial charge in [-0.25, -0.2) is 0 Å². The predicted octanol–water partition coefficient (Wildman–Crippen LogP) is 12.8. The van der Waals surface area contributed by atoms with Gasteiger partial charge in [0.25, 0.3) is 0 Å². The lowest BCUT2D eigenvalue weighted by Gasteiger charge is -2.66. The van der Waals surface area contributed by atoms with Gasteiger partial charge in [0.1, 0.15) is 0 Å². The van der Waals surface area contributed by atoms with E-state index in [4.69, 9.17) is 6.58 Å². The second-order valence-electron chi connectivity index (χ2n) is 16.0. The van der Waals surface area contributed by atoms with Crippen molar-refractivity contribution in [1.29, 1.82) is 0 Å². The molecule has 3 fully saturated rings. The van der Waals surface area contributed by atoms with E-state index in [1.165, 1.54) is 103 Å². The van der Waals surface area contributed by atoms with E-state index in [1.807, 2.05) is 0 Å². The van der Waals surface area contributed by atoms with Crippen LogP contribution in [0.4, 0.5) is 0 Å². The molecule has 0 spiro atoms. The van der Waals surface area contributed by atoms with Crippen LogP contribution in [0.1, 0.15) is 165 Å². The van der Waals surface area contributed by atoms with Crippen molar-refractivity contribution in [2.45, 2.75) is 165 Å². The van der Waals surface area contributed by atoms with Crippen molar-refractivity contribution in [3.05, 3.63) is 12.7 Å². The van der Waals surface area contributed by atoms with Gasteiger partial charge in [-0.05, 0) is 109 Å². The van der Waals surface area contributed by atoms with Gasteiger partial charge in [0, 0.05) is 0 Å². The van der Waals surface area contributed by atoms with E-state index >= 15 is 0 Å². The van der Waals surface area contributed by atoms with Crippen molar-refractivity contribution in [3.8, 4) is 12.8 Å². The van der Waals surface area contributed by atoms with Crippen LogP contribution in [0.5, 0.6) is 0 Å². The molecule has 0 heteroatoms. The quantitative estimate of drug-likeness (QED) is 0.108. The van der Waals surface area contributed by atoms with E-state index in [1.54, 1.807) is 0 Å². The summed E-state index contributed by atoms with van der Waals surface area (Å²) in [5, 5.41) is 0. The molecule has 3 aliphatic carbocycles. The number of fused-ring (bicyclic) bond motifs is 3. The van der Waals surface area contributed by atoms with Crippen LogP contribution >= 0.6 is 0 Å². The van der Waals surface area contributed by atoms with Crippen LogP contribution in [-0.4, -0.2) is 0 Å². The molecule has 0 aromatic carbocycles. The maximum Gasteiger partial charge on any atom is -0.00511 e. The highest BCUT2D eigenvalue weighted by Gasteiger charge is 2.67. The van der Waals surface area contributed by atoms with Crippen molar-refractivity contribution in [2.75, 3.05) is 0 Å². The molecule has 40 heavy (non-hydrogen) atoms. The number of allylic oxidation sites excluding steroid dienone is 1. The summed E-state index contributed by atoms with van der Waals surface area (Å²) < 4.78 is 0. The van der Waals surface area contributed by atoms with E-state index in [2.05, 4.69) is 81.2 Å². The Kier molecular flexibility index (Phi) is 13.9. The molecular formula is C40H72. The molecule has 0 N–H and O–H groups in total. The Morgan fingerprint density at radius 2 is 1.48 bits per heavy atom. The highest BCUT2D eigenvalue weighted by Crippen LogP contribution is 2.74. The highest BCUT2D eigenvalue weighted by atomic mass is 14.7. The molecule has 0 amide bonds. The zero-order chi connectivity index (χ0) is 30.1. The van der Waals surface area contributed by atoms with Crippen LogP contribution in [0.15, 0.2) is 12.7 Å². The molecule has 0 saturated heterocycles. The molecule has 0 bridgehead atoms. The molecule has 3 rings (SSSR count). The number of rotatable bonds is 15. The molecule has 3 aliphatic rings. The maximum absolute atomic E-state index is 4.70. The van der Waals surface area contributed by atoms with Crippen molar-refractivity contribution in [3.63, 3.8) is 0 Å². The van der Waals surface area contributed by atoms with E-state index in [0.717, 1.165) is 47.3 Å². The molecule has 3 saturated carbocycles. The minimum Gasteiger partial charge on any atom is -0.124 e. The third kappa shape index (κ3) is 7.08. The first-order valence-electron chi connectivity index (χ1n) is 18.0. The molecule has 0 radical (unpaired) electrons. The summed E-state index contributed by atoms with van der Waals surface area (Å²) in [5.74, 6) is 7.04. The lowest BCUT2D eigenvalue weighted by Crippen LogP contribution is -2.59. The van der Waals surface area contributed by atoms with Gasteiger partial charge in [0.2, 0.25) is 0 Å². The summed E-state index contributed by atoms with van der Waals surface area (Å²) in [5.41, 5.74) is 1.37. The number of hydrogen-bond acceptors (Lipinski definition) is 0. The second kappa shape index (κ2) is 15.7. The minimum atomic E-state index is 0.363. The molecule has 11 unspecified atom stereocenters. The molecule has 0 aromatic rings. The SMILES string of the molecule is C#C.C=CC12CC(C)C(CCCC(C)CCC)C(C)(CCC)C1CCC1(C)C(CCCCC(C)CC)C(C)CC12. The van der Waals surface area contributed by atoms with Crippen LogP contribution in [0, 0.1) is 76.4 Å². The smallest absolute Gasteiger partial charge is 0.00511 e. The lowest BCUT2D eigenvalue weighted by molar-refractivity contribution is -0.161. The maximum atomic E-state index is 4.70. The van der Waals surface area contributed by atoms with E-state index in [0.29, 0.717) is 16.2 Å². The monoisotopic (exact) mass is 553 g/mol. The highest BCUT2D eigenvalue weighted by molar-refractivity contribution is 5.20. The van der Waals surface area contributed by atoms with Crippen molar-refractivity contribution >= 4 is 0 Å². The van der Waals surface area contributed by atoms with Crippen molar-refractivity contribution in [1.82, 2.24) is 0 Å². The van der Waals surface area contributed by atoms with Crippen LogP contribution in [-0.2, 0) is 0 Å². The fourth-order valence-corrected chi connectivity index (χ4v) is 11.6. The fraction of sp³-hybridized carbons (Fsp3) is 0.900. The first-order chi connectivity index (χ1) is 19.0. The molecule has 0 heterocycles. The molecule has 0 nitrogen and oxygen atoms in total. The summed E-state index contributed by atoms with van der Waals surface area (Å²) in [6.07, 6.45) is 33.4. The third-order valence-electron chi connectivity index (χ3n) is 13.5. The van der Waals surface area contributed by atoms with E-state index in [9.17, 15) is 0 Å². The van der Waals surface area contributed by atoms with Crippen molar-refractivity contribution in [2.24, 2.45) is 63.6 Å². The lowest BCUT2D eigenvalue weighted by atomic mass is 9.38. The summed E-state index contributed by atoms with van der Waals surface area (Å²) in [7, 11) is 0. The number of terminal acetylenes is 1. The third-order valence-corrected chi connectivity index (χ3v) is 13.5. The molecule has 0 aromatic heterocycles. The summed E-state index contributed by atoms with van der Waals surface area (Å²) in [6.45, 7) is 27.6. The number of hydrogen-bond donors (Lipinski definition) is 0. The summed E-state index contributed by atoms with van der Waals surface area (Å²) in [6, 6.07) is 0. The predicted molar refractivity (Wildman–Crippen MR) is 180 cm³/mol. The number of unbranched alkanes of at least 4 members (excludes halogenated alkanes) is 1. The topological polar surface area (TPSA) is 0 Å². The van der Waals surface area contributed by atoms with E-state index < -0.39 is 0 Å². The van der Waals surface area contributed by atoms with Gasteiger partial charge in [-0.2, -0.15) is 0 Å². The van der Waals surface area contributed by atoms with Gasteiger partial charge in [-0.15, -0.1) is 19.4 Å². The van der Waals surface area contributed by atoms with Gasteiger partial charge in [0.05, 0.1) is 0 Å². The largest absolute Gasteiger partial charge is 0.124 e. The summed E-state index contributed by atoms with van der Waals surface area (Å²) >= 11 is 0. The first kappa shape index (κ1) is 35.5. The van der Waals surface area contributed by atoms with Gasteiger partial charge in [-0.3, -0.25) is 0 Å². The first-order valence-corrected chi connectivity index (χ1v) is 18.0. The fourth-order valence-electron chi connectivity index (χ4n) is 11.6. The van der Waals surface area contributed by atoms with Gasteiger partial charge < -0.3 is 0 Å². The summed E-state index contributed by atoms with van der Waals surface area (Å²) in [4.78, 5) is 0. The Hall–Kier alpha value is -0.700. The Labute approximate surface area is 253 Å². The average molecular weight is 553 g/mol. The van der Waals surface area contributed by atoms with Gasteiger partial charge >= 0.3 is 0 Å². The zero-order valence-corrected chi connectivity index (χ0v) is 28.9. The van der Waals surface area contributed by atoms with Crippen molar-refractivity contribution < 1.29 is 0 Å². The molecule has 11 atom stereocenters. The average Bonchev–Trinajstić information content (AvgIpc) is 3.19. The van der Waals surface area contributed by atoms with Crippen LogP contribution in [0.2, 0.25) is 0 Å². The standard InChI is InChI=1S/C38H70.C2H2/c1-11-18-29(6)20-17-22-33-31(8)27-38(14-4)34(36(33,9)24-12-2)23-25-37(10)32(30(7)26-35(37)38)21-16-15-19-28(5)13-3;1-2/h14,28-35H,4,11-13,15-27H2,1-3,5-10H3;1-2H. The van der Waals surface area contributed by atoms with Crippen LogP contribution in [0.25, 0.3) is 0 Å². The van der Waals surface area contributed by atoms with Crippen LogP contribution < -0.4 is 0 Å².